The summed E-state index contributed by atoms with van der Waals surface area (Å²) in [5, 5.41) is 0. The van der Waals surface area contributed by atoms with Gasteiger partial charge in [-0.1, -0.05) is 41.5 Å². The molecule has 0 spiro atoms. The summed E-state index contributed by atoms with van der Waals surface area (Å²) in [7, 11) is 0. The molecule has 0 aromatic heterocycles. The third-order valence-electron chi connectivity index (χ3n) is 1.60. The van der Waals surface area contributed by atoms with Gasteiger partial charge in [0, 0.05) is 0 Å². The normalized spacial score (nSPS) is 10.8. The lowest BCUT2D eigenvalue weighted by molar-refractivity contribution is 1.37. The minimum atomic E-state index is 1.30. The van der Waals surface area contributed by atoms with Crippen molar-refractivity contribution in [1.29, 1.82) is 0 Å². The first-order valence-electron chi connectivity index (χ1n) is 3.93. The highest BCUT2D eigenvalue weighted by Crippen LogP contribution is 2.09. The Morgan fingerprint density at radius 1 is 1.00 bits per heavy atom. The molecule has 0 unspecified atom stereocenters. The summed E-state index contributed by atoms with van der Waals surface area (Å²) in [5.74, 6) is 0. The fraction of sp³-hybridized carbons (Fsp3) is 0.273. The molecule has 0 heterocycles. The number of hydrogen-bond donors (Lipinski definition) is 0. The van der Waals surface area contributed by atoms with E-state index in [0.29, 0.717) is 0 Å². The Hall–Kier alpha value is -1.04. The van der Waals surface area contributed by atoms with Gasteiger partial charge in [0.05, 0.1) is 0 Å². The molecule has 0 radical (unpaired) electrons. The number of benzene rings is 1. The number of rotatable bonds is 1. The molecule has 0 saturated carbocycles. The van der Waals surface area contributed by atoms with Gasteiger partial charge < -0.3 is 0 Å². The molecular formula is C11H14. The van der Waals surface area contributed by atoms with Crippen molar-refractivity contribution in [2.45, 2.75) is 20.8 Å². The second-order valence-electron chi connectivity index (χ2n) is 2.92. The van der Waals surface area contributed by atoms with Crippen LogP contribution in [0.25, 0.3) is 6.08 Å². The van der Waals surface area contributed by atoms with Crippen molar-refractivity contribution in [2.75, 3.05) is 0 Å². The third-order valence-corrected chi connectivity index (χ3v) is 1.60. The van der Waals surface area contributed by atoms with Gasteiger partial charge in [-0.3, -0.25) is 0 Å². The third kappa shape index (κ3) is 2.23. The standard InChI is InChI=1S/C11H14/c1-4-5-11-7-9(2)6-10(3)8-11/h4-8H,1-3H3. The van der Waals surface area contributed by atoms with Gasteiger partial charge in [-0.2, -0.15) is 0 Å². The van der Waals surface area contributed by atoms with Crippen LogP contribution in [0.5, 0.6) is 0 Å². The molecule has 0 aliphatic heterocycles. The van der Waals surface area contributed by atoms with E-state index in [0.717, 1.165) is 0 Å². The molecule has 11 heavy (non-hydrogen) atoms. The Kier molecular flexibility index (Phi) is 2.48. The van der Waals surface area contributed by atoms with E-state index in [1.807, 2.05) is 6.92 Å². The smallest absolute Gasteiger partial charge is 0.0255 e. The molecule has 0 heteroatoms. The van der Waals surface area contributed by atoms with Gasteiger partial charge in [0.2, 0.25) is 0 Å². The van der Waals surface area contributed by atoms with Crippen molar-refractivity contribution in [3.05, 3.63) is 41.0 Å². The van der Waals surface area contributed by atoms with Crippen molar-refractivity contribution in [3.8, 4) is 0 Å². The Balaban J connectivity index is 3.08. The average molecular weight is 146 g/mol. The van der Waals surface area contributed by atoms with E-state index < -0.39 is 0 Å². The molecule has 1 rings (SSSR count). The predicted molar refractivity (Wildman–Crippen MR) is 50.6 cm³/mol. The van der Waals surface area contributed by atoms with Crippen LogP contribution in [0.1, 0.15) is 23.6 Å². The predicted octanol–water partition coefficient (Wildman–Crippen LogP) is 3.34. The topological polar surface area (TPSA) is 0 Å². The zero-order chi connectivity index (χ0) is 8.27. The minimum Gasteiger partial charge on any atom is -0.0871 e. The van der Waals surface area contributed by atoms with Crippen molar-refractivity contribution in [3.63, 3.8) is 0 Å². The molecule has 0 fully saturated rings. The number of hydrogen-bond acceptors (Lipinski definition) is 0. The van der Waals surface area contributed by atoms with Gasteiger partial charge in [0.15, 0.2) is 0 Å². The molecule has 0 saturated heterocycles. The highest BCUT2D eigenvalue weighted by molar-refractivity contribution is 5.51. The molecular weight excluding hydrogens is 132 g/mol. The Bertz CT molecular complexity index is 249. The van der Waals surface area contributed by atoms with E-state index in [9.17, 15) is 0 Å². The van der Waals surface area contributed by atoms with Crippen LogP contribution in [-0.2, 0) is 0 Å². The van der Waals surface area contributed by atoms with Gasteiger partial charge >= 0.3 is 0 Å². The summed E-state index contributed by atoms with van der Waals surface area (Å²) in [5.41, 5.74) is 3.96. The molecule has 0 aliphatic rings. The van der Waals surface area contributed by atoms with Crippen molar-refractivity contribution >= 4 is 6.08 Å². The van der Waals surface area contributed by atoms with Gasteiger partial charge in [-0.15, -0.1) is 0 Å². The molecule has 0 N–H and O–H groups in total. The molecule has 58 valence electrons. The highest BCUT2D eigenvalue weighted by Gasteiger charge is 1.89. The van der Waals surface area contributed by atoms with Crippen LogP contribution < -0.4 is 0 Å². The first kappa shape index (κ1) is 8.06. The fourth-order valence-corrected chi connectivity index (χ4v) is 1.30. The summed E-state index contributed by atoms with van der Waals surface area (Å²) in [6.07, 6.45) is 4.19. The Morgan fingerprint density at radius 2 is 1.55 bits per heavy atom. The molecule has 0 nitrogen and oxygen atoms in total. The monoisotopic (exact) mass is 146 g/mol. The van der Waals surface area contributed by atoms with E-state index in [2.05, 4.69) is 44.2 Å². The van der Waals surface area contributed by atoms with Crippen LogP contribution in [0.15, 0.2) is 24.3 Å². The zero-order valence-corrected chi connectivity index (χ0v) is 7.39. The average Bonchev–Trinajstić information content (AvgIpc) is 1.85. The molecule has 0 amide bonds. The molecule has 0 atom stereocenters. The van der Waals surface area contributed by atoms with E-state index in [-0.39, 0.29) is 0 Å². The first-order chi connectivity index (χ1) is 5.22. The van der Waals surface area contributed by atoms with E-state index in [4.69, 9.17) is 0 Å². The summed E-state index contributed by atoms with van der Waals surface area (Å²) in [4.78, 5) is 0. The van der Waals surface area contributed by atoms with Crippen molar-refractivity contribution in [1.82, 2.24) is 0 Å². The fourth-order valence-electron chi connectivity index (χ4n) is 1.30. The van der Waals surface area contributed by atoms with Crippen molar-refractivity contribution < 1.29 is 0 Å². The second kappa shape index (κ2) is 3.38. The van der Waals surface area contributed by atoms with Crippen LogP contribution in [0, 0.1) is 13.8 Å². The largest absolute Gasteiger partial charge is 0.0871 e. The van der Waals surface area contributed by atoms with Crippen LogP contribution in [0.2, 0.25) is 0 Å². The SMILES string of the molecule is CC=Cc1cc(C)cc(C)c1. The lowest BCUT2D eigenvalue weighted by Gasteiger charge is -1.98. The summed E-state index contributed by atoms with van der Waals surface area (Å²) in [6, 6.07) is 6.56. The van der Waals surface area contributed by atoms with Gasteiger partial charge in [0.1, 0.15) is 0 Å². The van der Waals surface area contributed by atoms with Gasteiger partial charge in [-0.25, -0.2) is 0 Å². The maximum Gasteiger partial charge on any atom is -0.0255 e. The highest BCUT2D eigenvalue weighted by atomic mass is 14.0. The van der Waals surface area contributed by atoms with E-state index in [1.54, 1.807) is 0 Å². The van der Waals surface area contributed by atoms with Gasteiger partial charge in [0.25, 0.3) is 0 Å². The summed E-state index contributed by atoms with van der Waals surface area (Å²) < 4.78 is 0. The molecule has 1 aromatic carbocycles. The number of aryl methyl sites for hydroxylation is 2. The number of allylic oxidation sites excluding steroid dienone is 1. The van der Waals surface area contributed by atoms with Crippen LogP contribution >= 0.6 is 0 Å². The van der Waals surface area contributed by atoms with Crippen LogP contribution in [0.4, 0.5) is 0 Å². The van der Waals surface area contributed by atoms with Crippen LogP contribution in [-0.4, -0.2) is 0 Å². The first-order valence-corrected chi connectivity index (χ1v) is 3.93. The summed E-state index contributed by atoms with van der Waals surface area (Å²) in [6.45, 7) is 6.29. The molecule has 1 aromatic rings. The maximum atomic E-state index is 2.19. The second-order valence-corrected chi connectivity index (χ2v) is 2.92. The lowest BCUT2D eigenvalue weighted by Crippen LogP contribution is -1.79. The molecule has 0 aliphatic carbocycles. The van der Waals surface area contributed by atoms with Crippen molar-refractivity contribution in [2.24, 2.45) is 0 Å². The quantitative estimate of drug-likeness (QED) is 0.570. The minimum absolute atomic E-state index is 1.30. The lowest BCUT2D eigenvalue weighted by atomic mass is 10.1. The van der Waals surface area contributed by atoms with Gasteiger partial charge in [-0.05, 0) is 26.3 Å². The van der Waals surface area contributed by atoms with E-state index >= 15 is 0 Å². The Morgan fingerprint density at radius 3 is 2.00 bits per heavy atom. The summed E-state index contributed by atoms with van der Waals surface area (Å²) >= 11 is 0. The maximum absolute atomic E-state index is 2.19. The van der Waals surface area contributed by atoms with E-state index in [1.165, 1.54) is 16.7 Å². The Labute approximate surface area is 68.6 Å². The zero-order valence-electron chi connectivity index (χ0n) is 7.39. The molecule has 0 bridgehead atoms. The van der Waals surface area contributed by atoms with Crippen LogP contribution in [0.3, 0.4) is 0 Å².